The molecule has 1 atom stereocenters. The summed E-state index contributed by atoms with van der Waals surface area (Å²) < 4.78 is 46.7. The first-order valence-corrected chi connectivity index (χ1v) is 7.10. The van der Waals surface area contributed by atoms with E-state index in [-0.39, 0.29) is 17.6 Å². The summed E-state index contributed by atoms with van der Waals surface area (Å²) in [5, 5.41) is 12.7. The summed E-state index contributed by atoms with van der Waals surface area (Å²) in [6, 6.07) is 2.52. The van der Waals surface area contributed by atoms with Crippen molar-refractivity contribution in [2.24, 2.45) is 7.05 Å². The fourth-order valence-electron chi connectivity index (χ4n) is 2.39. The molecule has 2 aromatic rings. The van der Waals surface area contributed by atoms with Crippen LogP contribution in [0.5, 0.6) is 5.88 Å². The van der Waals surface area contributed by atoms with Gasteiger partial charge in [0.15, 0.2) is 5.82 Å². The second-order valence-corrected chi connectivity index (χ2v) is 5.20. The van der Waals surface area contributed by atoms with Crippen molar-refractivity contribution in [1.29, 1.82) is 0 Å². The van der Waals surface area contributed by atoms with Crippen LogP contribution in [0.25, 0.3) is 0 Å². The van der Waals surface area contributed by atoms with Gasteiger partial charge in [-0.25, -0.2) is 0 Å². The highest BCUT2D eigenvalue weighted by molar-refractivity contribution is 6.02. The van der Waals surface area contributed by atoms with Crippen LogP contribution in [-0.2, 0) is 11.8 Å². The molecule has 1 aliphatic rings. The molecule has 0 bridgehead atoms. The molecule has 11 heteroatoms. The molecule has 0 aliphatic carbocycles. The zero-order valence-electron chi connectivity index (χ0n) is 12.6. The Hall–Kier alpha value is -2.56. The molecule has 24 heavy (non-hydrogen) atoms. The number of aromatic amines is 1. The molecule has 1 amide bonds. The number of amides is 1. The third kappa shape index (κ3) is 3.67. The Labute approximate surface area is 133 Å². The van der Waals surface area contributed by atoms with E-state index < -0.39 is 18.1 Å². The SMILES string of the molecule is Cn1nc(OC(F)(F)F)cc1C(=O)Nc1cc([C@H]2CCCO2)[nH]n1. The van der Waals surface area contributed by atoms with Crippen LogP contribution in [0.2, 0.25) is 0 Å². The van der Waals surface area contributed by atoms with E-state index in [1.165, 1.54) is 7.05 Å². The zero-order valence-corrected chi connectivity index (χ0v) is 12.6. The van der Waals surface area contributed by atoms with E-state index in [9.17, 15) is 18.0 Å². The lowest BCUT2D eigenvalue weighted by atomic mass is 10.2. The first kappa shape index (κ1) is 16.3. The first-order chi connectivity index (χ1) is 11.3. The van der Waals surface area contributed by atoms with Crippen LogP contribution in [0.15, 0.2) is 12.1 Å². The Balaban J connectivity index is 1.68. The maximum absolute atomic E-state index is 12.2. The fraction of sp³-hybridized carbons (Fsp3) is 0.462. The predicted octanol–water partition coefficient (Wildman–Crippen LogP) is 2.15. The van der Waals surface area contributed by atoms with E-state index in [0.29, 0.717) is 6.61 Å². The number of hydrogen-bond donors (Lipinski definition) is 2. The fourth-order valence-corrected chi connectivity index (χ4v) is 2.39. The van der Waals surface area contributed by atoms with Gasteiger partial charge in [0.2, 0.25) is 5.88 Å². The van der Waals surface area contributed by atoms with E-state index >= 15 is 0 Å². The Morgan fingerprint density at radius 1 is 1.50 bits per heavy atom. The van der Waals surface area contributed by atoms with E-state index in [1.807, 2.05) is 0 Å². The number of anilines is 1. The lowest BCUT2D eigenvalue weighted by Crippen LogP contribution is -2.17. The second-order valence-electron chi connectivity index (χ2n) is 5.20. The lowest BCUT2D eigenvalue weighted by Gasteiger charge is -2.04. The van der Waals surface area contributed by atoms with Gasteiger partial charge in [-0.15, -0.1) is 18.3 Å². The number of nitrogens with one attached hydrogen (secondary N) is 2. The summed E-state index contributed by atoms with van der Waals surface area (Å²) in [5.41, 5.74) is 0.629. The minimum atomic E-state index is -4.87. The number of nitrogens with zero attached hydrogens (tertiary/aromatic N) is 3. The summed E-state index contributed by atoms with van der Waals surface area (Å²) >= 11 is 0. The van der Waals surface area contributed by atoms with Crippen LogP contribution < -0.4 is 10.1 Å². The molecule has 0 saturated carbocycles. The van der Waals surface area contributed by atoms with Gasteiger partial charge in [-0.3, -0.25) is 14.6 Å². The number of carbonyl (C=O) groups is 1. The predicted molar refractivity (Wildman–Crippen MR) is 74.4 cm³/mol. The number of H-pyrrole nitrogens is 1. The monoisotopic (exact) mass is 345 g/mol. The summed E-state index contributed by atoms with van der Waals surface area (Å²) in [5.74, 6) is -1.13. The number of alkyl halides is 3. The molecular formula is C13H14F3N5O3. The van der Waals surface area contributed by atoms with Gasteiger partial charge in [0.1, 0.15) is 5.69 Å². The third-order valence-electron chi connectivity index (χ3n) is 3.43. The van der Waals surface area contributed by atoms with Crippen LogP contribution in [0.3, 0.4) is 0 Å². The maximum atomic E-state index is 12.2. The molecule has 0 radical (unpaired) electrons. The molecule has 2 aromatic heterocycles. The molecule has 2 N–H and O–H groups in total. The van der Waals surface area contributed by atoms with Gasteiger partial charge in [-0.2, -0.15) is 5.10 Å². The van der Waals surface area contributed by atoms with Gasteiger partial charge < -0.3 is 14.8 Å². The van der Waals surface area contributed by atoms with Gasteiger partial charge in [-0.1, -0.05) is 0 Å². The lowest BCUT2D eigenvalue weighted by molar-refractivity contribution is -0.276. The van der Waals surface area contributed by atoms with E-state index in [0.717, 1.165) is 29.3 Å². The average molecular weight is 345 g/mol. The van der Waals surface area contributed by atoms with Crippen LogP contribution >= 0.6 is 0 Å². The molecule has 3 heterocycles. The number of ether oxygens (including phenoxy) is 2. The summed E-state index contributed by atoms with van der Waals surface area (Å²) in [6.07, 6.45) is -3.16. The highest BCUT2D eigenvalue weighted by Crippen LogP contribution is 2.28. The number of carbonyl (C=O) groups excluding carboxylic acids is 1. The van der Waals surface area contributed by atoms with Crippen LogP contribution in [0.1, 0.15) is 35.1 Å². The molecule has 3 rings (SSSR count). The van der Waals surface area contributed by atoms with Gasteiger partial charge in [0.05, 0.1) is 11.8 Å². The smallest absolute Gasteiger partial charge is 0.386 e. The number of aromatic nitrogens is 4. The minimum Gasteiger partial charge on any atom is -0.386 e. The van der Waals surface area contributed by atoms with Gasteiger partial charge >= 0.3 is 6.36 Å². The largest absolute Gasteiger partial charge is 0.574 e. The van der Waals surface area contributed by atoms with Crippen molar-refractivity contribution in [1.82, 2.24) is 20.0 Å². The highest BCUT2D eigenvalue weighted by atomic mass is 19.4. The van der Waals surface area contributed by atoms with Crippen LogP contribution in [0.4, 0.5) is 19.0 Å². The minimum absolute atomic E-state index is 0.0911. The Bertz CT molecular complexity index is 734. The number of halogens is 3. The van der Waals surface area contributed by atoms with Crippen molar-refractivity contribution >= 4 is 11.7 Å². The van der Waals surface area contributed by atoms with E-state index in [1.54, 1.807) is 6.07 Å². The topological polar surface area (TPSA) is 94.1 Å². The molecule has 1 aliphatic heterocycles. The Kier molecular flexibility index (Phi) is 4.18. The molecule has 0 spiro atoms. The molecule has 0 unspecified atom stereocenters. The Morgan fingerprint density at radius 3 is 2.96 bits per heavy atom. The van der Waals surface area contributed by atoms with Gasteiger partial charge in [0, 0.05) is 25.8 Å². The number of rotatable bonds is 4. The quantitative estimate of drug-likeness (QED) is 0.885. The second kappa shape index (κ2) is 6.15. The number of hydrogen-bond acceptors (Lipinski definition) is 5. The Morgan fingerprint density at radius 2 is 2.29 bits per heavy atom. The summed E-state index contributed by atoms with van der Waals surface area (Å²) in [7, 11) is 1.33. The van der Waals surface area contributed by atoms with Gasteiger partial charge in [0.25, 0.3) is 5.91 Å². The van der Waals surface area contributed by atoms with Crippen LogP contribution in [-0.4, -0.2) is 38.9 Å². The van der Waals surface area contributed by atoms with Crippen molar-refractivity contribution in [3.8, 4) is 5.88 Å². The molecule has 1 fully saturated rings. The molecular weight excluding hydrogens is 331 g/mol. The van der Waals surface area contributed by atoms with E-state index in [4.69, 9.17) is 4.74 Å². The summed E-state index contributed by atoms with van der Waals surface area (Å²) in [4.78, 5) is 12.2. The molecule has 130 valence electrons. The first-order valence-electron chi connectivity index (χ1n) is 7.10. The average Bonchev–Trinajstić information content (AvgIpc) is 3.17. The summed E-state index contributed by atoms with van der Waals surface area (Å²) in [6.45, 7) is 0.669. The normalized spacial score (nSPS) is 17.9. The van der Waals surface area contributed by atoms with Crippen LogP contribution in [0, 0.1) is 0 Å². The molecule has 1 saturated heterocycles. The van der Waals surface area contributed by atoms with E-state index in [2.05, 4.69) is 25.3 Å². The zero-order chi connectivity index (χ0) is 17.3. The molecule has 0 aromatic carbocycles. The third-order valence-corrected chi connectivity index (χ3v) is 3.43. The maximum Gasteiger partial charge on any atom is 0.574 e. The van der Waals surface area contributed by atoms with Crippen molar-refractivity contribution in [3.05, 3.63) is 23.5 Å². The van der Waals surface area contributed by atoms with Crippen molar-refractivity contribution in [2.45, 2.75) is 25.3 Å². The van der Waals surface area contributed by atoms with Crippen molar-refractivity contribution in [2.75, 3.05) is 11.9 Å². The van der Waals surface area contributed by atoms with Crippen molar-refractivity contribution < 1.29 is 27.4 Å². The van der Waals surface area contributed by atoms with Gasteiger partial charge in [-0.05, 0) is 12.8 Å². The highest BCUT2D eigenvalue weighted by Gasteiger charge is 2.33. The number of aryl methyl sites for hydroxylation is 1. The van der Waals surface area contributed by atoms with Crippen molar-refractivity contribution in [3.63, 3.8) is 0 Å². The standard InChI is InChI=1S/C13H14F3N5O3/c1-21-8(6-11(20-21)24-13(14,15)16)12(22)17-10-5-7(18-19-10)9-3-2-4-23-9/h5-6,9H,2-4H2,1H3,(H2,17,18,19,22)/t9-/m1/s1. The molecule has 8 nitrogen and oxygen atoms in total.